The van der Waals surface area contributed by atoms with Crippen LogP contribution in [0.15, 0.2) is 71.4 Å². The van der Waals surface area contributed by atoms with Crippen molar-refractivity contribution in [1.82, 2.24) is 0 Å². The molecule has 2 aromatic rings. The van der Waals surface area contributed by atoms with Crippen molar-refractivity contribution in [3.8, 4) is 0 Å². The third kappa shape index (κ3) is 4.71. The Morgan fingerprint density at radius 3 is 2.54 bits per heavy atom. The van der Waals surface area contributed by atoms with Gasteiger partial charge < -0.3 is 13.9 Å². The number of furan rings is 1. The Bertz CT molecular complexity index is 726. The summed E-state index contributed by atoms with van der Waals surface area (Å²) in [6.07, 6.45) is 3.50. The van der Waals surface area contributed by atoms with E-state index in [1.54, 1.807) is 12.1 Å². The molecule has 5 nitrogen and oxygen atoms in total. The summed E-state index contributed by atoms with van der Waals surface area (Å²) in [7, 11) is 1.31. The summed E-state index contributed by atoms with van der Waals surface area (Å²) in [4.78, 5) is 23.3. The normalized spacial score (nSPS) is 11.0. The van der Waals surface area contributed by atoms with E-state index in [4.69, 9.17) is 9.15 Å². The van der Waals surface area contributed by atoms with E-state index in [0.717, 1.165) is 11.1 Å². The molecule has 0 aliphatic rings. The van der Waals surface area contributed by atoms with E-state index < -0.39 is 11.9 Å². The lowest BCUT2D eigenvalue weighted by Gasteiger charge is -2.09. The number of esters is 2. The van der Waals surface area contributed by atoms with Crippen LogP contribution >= 0.6 is 0 Å². The summed E-state index contributed by atoms with van der Waals surface area (Å²) in [6, 6.07) is 12.6. The molecule has 0 spiro atoms. The number of hydrogen-bond donors (Lipinski definition) is 0. The van der Waals surface area contributed by atoms with Gasteiger partial charge in [-0.1, -0.05) is 43.0 Å². The number of ether oxygens (including phenoxy) is 2. The van der Waals surface area contributed by atoms with Crippen LogP contribution in [0.5, 0.6) is 0 Å². The van der Waals surface area contributed by atoms with Crippen LogP contribution in [0.3, 0.4) is 0 Å². The molecule has 0 aliphatic heterocycles. The largest absolute Gasteiger partial charge is 0.466 e. The minimum Gasteiger partial charge on any atom is -0.466 e. The Morgan fingerprint density at radius 1 is 1.17 bits per heavy atom. The highest BCUT2D eigenvalue weighted by molar-refractivity contribution is 5.89. The molecule has 0 radical (unpaired) electrons. The predicted molar refractivity (Wildman–Crippen MR) is 89.2 cm³/mol. The van der Waals surface area contributed by atoms with Crippen LogP contribution in [0.4, 0.5) is 0 Å². The Labute approximate surface area is 140 Å². The van der Waals surface area contributed by atoms with Crippen LogP contribution in [0.2, 0.25) is 0 Å². The first-order valence-electron chi connectivity index (χ1n) is 7.33. The Hall–Kier alpha value is -3.08. The SMILES string of the molecule is C=C(C/C=C(/COC(=O)c1ccco1)c1ccccc1)C(=O)OC. The van der Waals surface area contributed by atoms with Crippen LogP contribution < -0.4 is 0 Å². The molecule has 2 rings (SSSR count). The predicted octanol–water partition coefficient (Wildman–Crippen LogP) is 3.64. The van der Waals surface area contributed by atoms with Gasteiger partial charge in [-0.05, 0) is 29.7 Å². The maximum Gasteiger partial charge on any atom is 0.374 e. The third-order valence-corrected chi connectivity index (χ3v) is 3.29. The molecule has 0 N–H and O–H groups in total. The summed E-state index contributed by atoms with van der Waals surface area (Å²) >= 11 is 0. The second-order valence-electron chi connectivity index (χ2n) is 4.95. The molecule has 0 saturated carbocycles. The van der Waals surface area contributed by atoms with E-state index in [9.17, 15) is 9.59 Å². The molecule has 0 unspecified atom stereocenters. The first-order chi connectivity index (χ1) is 11.6. The van der Waals surface area contributed by atoms with Crippen LogP contribution in [0.25, 0.3) is 5.57 Å². The second kappa shape index (κ2) is 8.53. The zero-order valence-corrected chi connectivity index (χ0v) is 13.4. The van der Waals surface area contributed by atoms with Gasteiger partial charge in [-0.2, -0.15) is 0 Å². The fraction of sp³-hybridized carbons (Fsp3) is 0.158. The third-order valence-electron chi connectivity index (χ3n) is 3.29. The minimum absolute atomic E-state index is 0.0536. The molecule has 1 heterocycles. The van der Waals surface area contributed by atoms with Gasteiger partial charge in [0, 0.05) is 5.57 Å². The number of hydrogen-bond acceptors (Lipinski definition) is 5. The van der Waals surface area contributed by atoms with Gasteiger partial charge in [-0.15, -0.1) is 0 Å². The van der Waals surface area contributed by atoms with Gasteiger partial charge in [0.25, 0.3) is 0 Å². The summed E-state index contributed by atoms with van der Waals surface area (Å²) in [5.74, 6) is -0.874. The number of rotatable bonds is 7. The second-order valence-corrected chi connectivity index (χ2v) is 4.95. The fourth-order valence-corrected chi connectivity index (χ4v) is 2.00. The highest BCUT2D eigenvalue weighted by Gasteiger charge is 2.12. The molecule has 0 bridgehead atoms. The van der Waals surface area contributed by atoms with Gasteiger partial charge in [-0.25, -0.2) is 9.59 Å². The molecule has 0 saturated heterocycles. The number of carbonyl (C=O) groups is 2. The van der Waals surface area contributed by atoms with Crippen molar-refractivity contribution in [2.45, 2.75) is 6.42 Å². The van der Waals surface area contributed by atoms with E-state index in [2.05, 4.69) is 11.3 Å². The quantitative estimate of drug-likeness (QED) is 0.574. The molecule has 0 aliphatic carbocycles. The first kappa shape index (κ1) is 17.3. The summed E-state index contributed by atoms with van der Waals surface area (Å²) in [5, 5.41) is 0. The molecule has 124 valence electrons. The molecule has 5 heteroatoms. The van der Waals surface area contributed by atoms with Crippen LogP contribution in [-0.2, 0) is 14.3 Å². The average Bonchev–Trinajstić information content (AvgIpc) is 3.16. The maximum absolute atomic E-state index is 11.9. The van der Waals surface area contributed by atoms with Gasteiger partial charge in [0.05, 0.1) is 13.4 Å². The summed E-state index contributed by atoms with van der Waals surface area (Å²) in [5.41, 5.74) is 1.98. The Kier molecular flexibility index (Phi) is 6.14. The smallest absolute Gasteiger partial charge is 0.374 e. The Balaban J connectivity index is 2.10. The number of benzene rings is 1. The van der Waals surface area contributed by atoms with Crippen molar-refractivity contribution in [3.63, 3.8) is 0 Å². The molecule has 1 aromatic heterocycles. The lowest BCUT2D eigenvalue weighted by Crippen LogP contribution is -2.07. The number of carbonyl (C=O) groups excluding carboxylic acids is 2. The van der Waals surface area contributed by atoms with Crippen molar-refractivity contribution < 1.29 is 23.5 Å². The van der Waals surface area contributed by atoms with Gasteiger partial charge in [0.15, 0.2) is 0 Å². The highest BCUT2D eigenvalue weighted by Crippen LogP contribution is 2.18. The lowest BCUT2D eigenvalue weighted by atomic mass is 10.0. The van der Waals surface area contributed by atoms with E-state index in [-0.39, 0.29) is 12.4 Å². The number of allylic oxidation sites excluding steroid dienone is 1. The molecule has 0 atom stereocenters. The van der Waals surface area contributed by atoms with Crippen molar-refractivity contribution in [3.05, 3.63) is 78.3 Å². The molecule has 24 heavy (non-hydrogen) atoms. The zero-order chi connectivity index (χ0) is 17.4. The van der Waals surface area contributed by atoms with Crippen LogP contribution in [0, 0.1) is 0 Å². The van der Waals surface area contributed by atoms with Gasteiger partial charge in [0.2, 0.25) is 5.76 Å². The van der Waals surface area contributed by atoms with Crippen molar-refractivity contribution in [2.75, 3.05) is 13.7 Å². The molecule has 0 fully saturated rings. The standard InChI is InChI=1S/C19H18O5/c1-14(18(20)22-2)10-11-16(15-7-4-3-5-8-15)13-24-19(21)17-9-6-12-23-17/h3-9,11-12H,1,10,13H2,2H3/b16-11-. The molecule has 1 aromatic carbocycles. The Morgan fingerprint density at radius 2 is 1.92 bits per heavy atom. The van der Waals surface area contributed by atoms with Gasteiger partial charge in [-0.3, -0.25) is 0 Å². The summed E-state index contributed by atoms with van der Waals surface area (Å²) < 4.78 is 14.9. The van der Waals surface area contributed by atoms with Gasteiger partial charge >= 0.3 is 11.9 Å². The zero-order valence-electron chi connectivity index (χ0n) is 13.4. The minimum atomic E-state index is -0.548. The van der Waals surface area contributed by atoms with Crippen molar-refractivity contribution in [2.24, 2.45) is 0 Å². The van der Waals surface area contributed by atoms with E-state index in [1.807, 2.05) is 30.3 Å². The number of methoxy groups -OCH3 is 1. The monoisotopic (exact) mass is 326 g/mol. The van der Waals surface area contributed by atoms with Crippen LogP contribution in [-0.4, -0.2) is 25.7 Å². The van der Waals surface area contributed by atoms with Crippen molar-refractivity contribution >= 4 is 17.5 Å². The average molecular weight is 326 g/mol. The first-order valence-corrected chi connectivity index (χ1v) is 7.33. The molecular formula is C19H18O5. The van der Waals surface area contributed by atoms with Crippen LogP contribution in [0.1, 0.15) is 22.5 Å². The molecular weight excluding hydrogens is 308 g/mol. The maximum atomic E-state index is 11.9. The molecule has 0 amide bonds. The topological polar surface area (TPSA) is 65.7 Å². The van der Waals surface area contributed by atoms with E-state index in [0.29, 0.717) is 12.0 Å². The van der Waals surface area contributed by atoms with Crippen molar-refractivity contribution in [1.29, 1.82) is 0 Å². The van der Waals surface area contributed by atoms with E-state index in [1.165, 1.54) is 19.4 Å². The van der Waals surface area contributed by atoms with Gasteiger partial charge in [0.1, 0.15) is 6.61 Å². The highest BCUT2D eigenvalue weighted by atomic mass is 16.5. The lowest BCUT2D eigenvalue weighted by molar-refractivity contribution is -0.136. The van der Waals surface area contributed by atoms with E-state index >= 15 is 0 Å². The summed E-state index contributed by atoms with van der Waals surface area (Å²) in [6.45, 7) is 3.74. The fourth-order valence-electron chi connectivity index (χ4n) is 2.00.